The normalized spacial score (nSPS) is 13.1. The molecular formula is C41H51N3O8. The number of alkyl carbamates (subject to hydrolysis) is 1. The molecule has 0 saturated carbocycles. The number of amides is 3. The van der Waals surface area contributed by atoms with Crippen molar-refractivity contribution in [3.63, 3.8) is 0 Å². The predicted octanol–water partition coefficient (Wildman–Crippen LogP) is 5.42. The Labute approximate surface area is 306 Å². The minimum atomic E-state index is -1.04. The first kappa shape index (κ1) is 41.0. The van der Waals surface area contributed by atoms with Crippen LogP contribution < -0.4 is 20.7 Å². The van der Waals surface area contributed by atoms with E-state index >= 15 is 0 Å². The predicted molar refractivity (Wildman–Crippen MR) is 199 cm³/mol. The van der Waals surface area contributed by atoms with Crippen LogP contribution in [-0.2, 0) is 43.5 Å². The third-order valence-electron chi connectivity index (χ3n) is 8.22. The van der Waals surface area contributed by atoms with E-state index in [0.29, 0.717) is 18.8 Å². The second-order valence-corrected chi connectivity index (χ2v) is 12.8. The molecule has 4 N–H and O–H groups in total. The molecule has 3 rings (SSSR count). The third-order valence-corrected chi connectivity index (χ3v) is 8.22. The fraction of sp³-hybridized carbons (Fsp3) is 0.366. The summed E-state index contributed by atoms with van der Waals surface area (Å²) in [6.45, 7) is 11.2. The number of hydrogen-bond acceptors (Lipinski definition) is 8. The number of ether oxygens (including phenoxy) is 3. The van der Waals surface area contributed by atoms with Gasteiger partial charge in [0.15, 0.2) is 0 Å². The second-order valence-electron chi connectivity index (χ2n) is 12.8. The first-order valence-electron chi connectivity index (χ1n) is 17.4. The van der Waals surface area contributed by atoms with Crippen LogP contribution >= 0.6 is 0 Å². The number of aliphatic hydroxyl groups is 1. The van der Waals surface area contributed by atoms with Crippen LogP contribution in [0.5, 0.6) is 5.75 Å². The van der Waals surface area contributed by atoms with Crippen molar-refractivity contribution in [2.75, 3.05) is 13.2 Å². The summed E-state index contributed by atoms with van der Waals surface area (Å²) in [6.07, 6.45) is 2.85. The number of hydrogen-bond donors (Lipinski definition) is 4. The van der Waals surface area contributed by atoms with Crippen molar-refractivity contribution in [1.29, 1.82) is 0 Å². The van der Waals surface area contributed by atoms with Gasteiger partial charge in [0.25, 0.3) is 0 Å². The Morgan fingerprint density at radius 3 is 1.94 bits per heavy atom. The molecule has 11 heteroatoms. The largest absolute Gasteiger partial charge is 0.489 e. The molecule has 0 aliphatic carbocycles. The SMILES string of the molecule is C=CC[C@H](CC(=O)N[C@H](CO)Cc1ccc(OCc2ccccc2)cc1)C(=O)N[C@H](COC(=O)[C@@H](CC=C)NC(=O)OCc1ccccc1)C(C)C. The molecule has 0 aliphatic rings. The van der Waals surface area contributed by atoms with E-state index < -0.39 is 47.9 Å². The maximum absolute atomic E-state index is 13.4. The highest BCUT2D eigenvalue weighted by atomic mass is 16.6. The summed E-state index contributed by atoms with van der Waals surface area (Å²) in [5.74, 6) is -1.68. The monoisotopic (exact) mass is 713 g/mol. The van der Waals surface area contributed by atoms with Gasteiger partial charge in [-0.05, 0) is 54.0 Å². The van der Waals surface area contributed by atoms with E-state index in [2.05, 4.69) is 29.1 Å². The van der Waals surface area contributed by atoms with E-state index in [0.717, 1.165) is 16.7 Å². The average molecular weight is 714 g/mol. The van der Waals surface area contributed by atoms with Gasteiger partial charge in [0, 0.05) is 6.42 Å². The molecule has 0 radical (unpaired) electrons. The standard InChI is InChI=1S/C41H51N3O8/c1-5-13-33(24-38(46)42-34(25-45)23-30-19-21-35(22-20-30)50-26-31-15-9-7-10-16-31)39(47)43-37(29(3)4)28-51-40(48)36(14-6-2)44-41(49)52-27-32-17-11-8-12-18-32/h5-12,15-22,29,33-34,36-37,45H,1-2,13-14,23-28H2,3-4H3,(H,42,46)(H,43,47)(H,44,49)/t33-,34+,36-,37-/m1/s1. The van der Waals surface area contributed by atoms with E-state index in [9.17, 15) is 24.3 Å². The number of rotatable bonds is 22. The average Bonchev–Trinajstić information content (AvgIpc) is 3.15. The van der Waals surface area contributed by atoms with Gasteiger partial charge in [-0.2, -0.15) is 0 Å². The maximum Gasteiger partial charge on any atom is 0.408 e. The van der Waals surface area contributed by atoms with Gasteiger partial charge in [0.05, 0.1) is 24.6 Å². The van der Waals surface area contributed by atoms with Crippen LogP contribution in [0.15, 0.2) is 110 Å². The Morgan fingerprint density at radius 2 is 1.37 bits per heavy atom. The van der Waals surface area contributed by atoms with E-state index in [1.165, 1.54) is 6.08 Å². The highest BCUT2D eigenvalue weighted by molar-refractivity contribution is 5.86. The third kappa shape index (κ3) is 14.8. The Hall–Kier alpha value is -5.42. The minimum Gasteiger partial charge on any atom is -0.489 e. The van der Waals surface area contributed by atoms with Crippen molar-refractivity contribution < 1.29 is 38.5 Å². The maximum atomic E-state index is 13.4. The lowest BCUT2D eigenvalue weighted by Gasteiger charge is -2.26. The van der Waals surface area contributed by atoms with Gasteiger partial charge in [-0.15, -0.1) is 13.2 Å². The molecule has 278 valence electrons. The van der Waals surface area contributed by atoms with Gasteiger partial charge >= 0.3 is 12.1 Å². The first-order valence-corrected chi connectivity index (χ1v) is 17.4. The molecule has 3 amide bonds. The Balaban J connectivity index is 1.49. The Kier molecular flexibility index (Phi) is 17.7. The van der Waals surface area contributed by atoms with Gasteiger partial charge < -0.3 is 35.3 Å². The van der Waals surface area contributed by atoms with Crippen molar-refractivity contribution >= 4 is 23.9 Å². The van der Waals surface area contributed by atoms with Crippen LogP contribution in [0.4, 0.5) is 4.79 Å². The van der Waals surface area contributed by atoms with Crippen molar-refractivity contribution in [3.05, 3.63) is 127 Å². The summed E-state index contributed by atoms with van der Waals surface area (Å²) < 4.78 is 16.6. The molecule has 0 bridgehead atoms. The number of aliphatic hydroxyl groups excluding tert-OH is 1. The Bertz CT molecular complexity index is 1560. The van der Waals surface area contributed by atoms with E-state index in [1.54, 1.807) is 6.08 Å². The van der Waals surface area contributed by atoms with Crippen LogP contribution in [0, 0.1) is 11.8 Å². The number of allylic oxidation sites excluding steroid dienone is 1. The second kappa shape index (κ2) is 22.4. The highest BCUT2D eigenvalue weighted by Crippen LogP contribution is 2.17. The van der Waals surface area contributed by atoms with Gasteiger partial charge in [0.2, 0.25) is 11.8 Å². The van der Waals surface area contributed by atoms with E-state index in [-0.39, 0.29) is 45.0 Å². The fourth-order valence-corrected chi connectivity index (χ4v) is 5.16. The summed E-state index contributed by atoms with van der Waals surface area (Å²) in [5.41, 5.74) is 2.75. The molecule has 0 spiro atoms. The van der Waals surface area contributed by atoms with E-state index in [4.69, 9.17) is 14.2 Å². The van der Waals surface area contributed by atoms with Crippen molar-refractivity contribution in [1.82, 2.24) is 16.0 Å². The summed E-state index contributed by atoms with van der Waals surface area (Å²) in [7, 11) is 0. The van der Waals surface area contributed by atoms with E-state index in [1.807, 2.05) is 98.8 Å². The molecule has 0 heterocycles. The molecule has 4 atom stereocenters. The van der Waals surface area contributed by atoms with Gasteiger partial charge in [-0.25, -0.2) is 9.59 Å². The lowest BCUT2D eigenvalue weighted by atomic mass is 9.97. The summed E-state index contributed by atoms with van der Waals surface area (Å²) in [6, 6.07) is 24.2. The highest BCUT2D eigenvalue weighted by Gasteiger charge is 2.28. The lowest BCUT2D eigenvalue weighted by molar-refractivity contribution is -0.148. The summed E-state index contributed by atoms with van der Waals surface area (Å²) in [4.78, 5) is 51.8. The minimum absolute atomic E-state index is 0.0358. The number of esters is 1. The van der Waals surface area contributed by atoms with Crippen LogP contribution in [0.25, 0.3) is 0 Å². The molecule has 0 aromatic heterocycles. The van der Waals surface area contributed by atoms with Crippen LogP contribution in [0.3, 0.4) is 0 Å². The molecule has 52 heavy (non-hydrogen) atoms. The van der Waals surface area contributed by atoms with Crippen molar-refractivity contribution in [3.8, 4) is 5.75 Å². The first-order chi connectivity index (χ1) is 25.1. The van der Waals surface area contributed by atoms with Gasteiger partial charge in [0.1, 0.15) is 31.6 Å². The fourth-order valence-electron chi connectivity index (χ4n) is 5.16. The smallest absolute Gasteiger partial charge is 0.408 e. The molecule has 3 aromatic carbocycles. The summed E-state index contributed by atoms with van der Waals surface area (Å²) >= 11 is 0. The van der Waals surface area contributed by atoms with Gasteiger partial charge in [-0.3, -0.25) is 9.59 Å². The van der Waals surface area contributed by atoms with Crippen molar-refractivity contribution in [2.45, 2.75) is 70.9 Å². The van der Waals surface area contributed by atoms with Crippen molar-refractivity contribution in [2.24, 2.45) is 11.8 Å². The molecule has 0 saturated heterocycles. The number of nitrogens with one attached hydrogen (secondary N) is 3. The number of benzene rings is 3. The molecule has 0 unspecified atom stereocenters. The molecule has 11 nitrogen and oxygen atoms in total. The zero-order chi connectivity index (χ0) is 37.7. The summed E-state index contributed by atoms with van der Waals surface area (Å²) in [5, 5.41) is 18.3. The number of carbonyl (C=O) groups excluding carboxylic acids is 4. The molecule has 0 fully saturated rings. The lowest BCUT2D eigenvalue weighted by Crippen LogP contribution is -2.48. The zero-order valence-electron chi connectivity index (χ0n) is 30.0. The number of carbonyl (C=O) groups is 4. The zero-order valence-corrected chi connectivity index (χ0v) is 30.0. The molecule has 0 aliphatic heterocycles. The van der Waals surface area contributed by atoms with Gasteiger partial charge in [-0.1, -0.05) is 98.8 Å². The topological polar surface area (TPSA) is 152 Å². The van der Waals surface area contributed by atoms with Crippen LogP contribution in [0.2, 0.25) is 0 Å². The quantitative estimate of drug-likeness (QED) is 0.0796. The molecule has 3 aromatic rings. The Morgan fingerprint density at radius 1 is 0.750 bits per heavy atom. The van der Waals surface area contributed by atoms with Crippen LogP contribution in [0.1, 0.15) is 49.8 Å². The molecular weight excluding hydrogens is 662 g/mol. The van der Waals surface area contributed by atoms with Crippen LogP contribution in [-0.4, -0.2) is 60.3 Å².